The third kappa shape index (κ3) is 3.71. The van der Waals surface area contributed by atoms with Crippen LogP contribution in [0.2, 0.25) is 0 Å². The van der Waals surface area contributed by atoms with Gasteiger partial charge in [-0.15, -0.1) is 0 Å². The van der Waals surface area contributed by atoms with Crippen LogP contribution in [0.4, 0.5) is 13.6 Å². The first-order chi connectivity index (χ1) is 13.4. The quantitative estimate of drug-likeness (QED) is 0.534. The van der Waals surface area contributed by atoms with Crippen molar-refractivity contribution < 1.29 is 31.6 Å². The molecule has 1 aromatic carbocycles. The molecule has 3 rings (SSSR count). The molecule has 2 heterocycles. The molecule has 1 saturated heterocycles. The molecular formula is C17H14F2N4O5S. The van der Waals surface area contributed by atoms with Crippen molar-refractivity contribution in [1.82, 2.24) is 15.2 Å². The highest BCUT2D eigenvalue weighted by Crippen LogP contribution is 2.29. The van der Waals surface area contributed by atoms with E-state index in [1.54, 1.807) is 0 Å². The van der Waals surface area contributed by atoms with E-state index in [1.165, 1.54) is 31.2 Å². The molecule has 152 valence electrons. The SMILES string of the molecule is CC1(c2ccc(S(N)(=O)=O)cc2)NC(=O)N(CC(=O)c2ncc(F)cc2F)C1=O. The van der Waals surface area contributed by atoms with E-state index in [-0.39, 0.29) is 10.5 Å². The number of primary sulfonamides is 1. The van der Waals surface area contributed by atoms with Crippen molar-refractivity contribution in [3.8, 4) is 0 Å². The Kier molecular flexibility index (Phi) is 4.92. The molecule has 3 amide bonds. The van der Waals surface area contributed by atoms with Crippen LogP contribution in [0.15, 0.2) is 41.4 Å². The standard InChI is InChI=1S/C17H14F2N4O5S/c1-17(9-2-4-11(5-3-9)29(20,27)28)15(25)23(16(26)22-17)8-13(24)14-12(19)6-10(18)7-21-14/h2-7H,8H2,1H3,(H,22,26)(H2,20,27,28). The van der Waals surface area contributed by atoms with Gasteiger partial charge in [-0.25, -0.2) is 32.1 Å². The van der Waals surface area contributed by atoms with Gasteiger partial charge < -0.3 is 5.32 Å². The number of aromatic nitrogens is 1. The summed E-state index contributed by atoms with van der Waals surface area (Å²) in [5.74, 6) is -4.02. The van der Waals surface area contributed by atoms with Crippen LogP contribution in [0.25, 0.3) is 0 Å². The number of carbonyl (C=O) groups excluding carboxylic acids is 3. The molecule has 2 aromatic rings. The van der Waals surface area contributed by atoms with Gasteiger partial charge in [0.05, 0.1) is 17.6 Å². The maximum Gasteiger partial charge on any atom is 0.325 e. The number of pyridine rings is 1. The van der Waals surface area contributed by atoms with E-state index in [2.05, 4.69) is 10.3 Å². The number of halogens is 2. The molecule has 0 spiro atoms. The van der Waals surface area contributed by atoms with Crippen molar-refractivity contribution in [2.45, 2.75) is 17.4 Å². The highest BCUT2D eigenvalue weighted by Gasteiger charge is 2.49. The summed E-state index contributed by atoms with van der Waals surface area (Å²) < 4.78 is 49.4. The average Bonchev–Trinajstić information content (AvgIpc) is 2.85. The number of nitrogens with zero attached hydrogens (tertiary/aromatic N) is 2. The third-order valence-corrected chi connectivity index (χ3v) is 5.34. The predicted octanol–water partition coefficient (Wildman–Crippen LogP) is 0.657. The lowest BCUT2D eigenvalue weighted by molar-refractivity contribution is -0.130. The van der Waals surface area contributed by atoms with Gasteiger partial charge in [0, 0.05) is 6.07 Å². The maximum atomic E-state index is 13.7. The zero-order valence-electron chi connectivity index (χ0n) is 14.8. The summed E-state index contributed by atoms with van der Waals surface area (Å²) in [6.07, 6.45) is 0.638. The Labute approximate surface area is 163 Å². The van der Waals surface area contributed by atoms with Crippen LogP contribution in [0.5, 0.6) is 0 Å². The Morgan fingerprint density at radius 3 is 2.41 bits per heavy atom. The number of benzene rings is 1. The number of rotatable bonds is 5. The zero-order chi connectivity index (χ0) is 21.6. The minimum atomic E-state index is -3.95. The van der Waals surface area contributed by atoms with Gasteiger partial charge in [0.1, 0.15) is 17.1 Å². The van der Waals surface area contributed by atoms with Gasteiger partial charge in [0.2, 0.25) is 15.8 Å². The van der Waals surface area contributed by atoms with E-state index >= 15 is 0 Å². The summed E-state index contributed by atoms with van der Waals surface area (Å²) in [7, 11) is -3.95. The molecule has 1 fully saturated rings. The Morgan fingerprint density at radius 1 is 1.24 bits per heavy atom. The lowest BCUT2D eigenvalue weighted by Gasteiger charge is -2.22. The molecule has 1 aliphatic heterocycles. The Hall–Kier alpha value is -3.25. The number of hydrogen-bond acceptors (Lipinski definition) is 6. The van der Waals surface area contributed by atoms with Gasteiger partial charge in [0.15, 0.2) is 5.82 Å². The first-order valence-corrected chi connectivity index (χ1v) is 9.60. The molecule has 1 aliphatic rings. The summed E-state index contributed by atoms with van der Waals surface area (Å²) in [5, 5.41) is 7.44. The largest absolute Gasteiger partial charge is 0.325 e. The van der Waals surface area contributed by atoms with Crippen molar-refractivity contribution in [3.63, 3.8) is 0 Å². The summed E-state index contributed by atoms with van der Waals surface area (Å²) >= 11 is 0. The Bertz CT molecular complexity index is 1140. The number of ketones is 1. The second kappa shape index (κ2) is 6.97. The number of nitrogens with one attached hydrogen (secondary N) is 1. The molecule has 29 heavy (non-hydrogen) atoms. The van der Waals surface area contributed by atoms with E-state index in [1.807, 2.05) is 0 Å². The highest BCUT2D eigenvalue weighted by atomic mass is 32.2. The van der Waals surface area contributed by atoms with Crippen molar-refractivity contribution in [2.24, 2.45) is 5.14 Å². The molecule has 0 aliphatic carbocycles. The predicted molar refractivity (Wildman–Crippen MR) is 93.9 cm³/mol. The van der Waals surface area contributed by atoms with Gasteiger partial charge in [-0.05, 0) is 24.6 Å². The van der Waals surface area contributed by atoms with Crippen LogP contribution in [0.3, 0.4) is 0 Å². The van der Waals surface area contributed by atoms with E-state index in [0.29, 0.717) is 17.2 Å². The first kappa shape index (κ1) is 20.5. The molecule has 3 N–H and O–H groups in total. The molecule has 9 nitrogen and oxygen atoms in total. The monoisotopic (exact) mass is 424 g/mol. The van der Waals surface area contributed by atoms with Crippen LogP contribution in [0.1, 0.15) is 23.0 Å². The second-order valence-electron chi connectivity index (χ2n) is 6.42. The van der Waals surface area contributed by atoms with Crippen LogP contribution < -0.4 is 10.5 Å². The van der Waals surface area contributed by atoms with E-state index < -0.39 is 57.2 Å². The third-order valence-electron chi connectivity index (χ3n) is 4.41. The van der Waals surface area contributed by atoms with Gasteiger partial charge in [-0.3, -0.25) is 14.5 Å². The molecule has 0 saturated carbocycles. The lowest BCUT2D eigenvalue weighted by Crippen LogP contribution is -2.41. The first-order valence-electron chi connectivity index (χ1n) is 8.05. The molecule has 1 atom stereocenters. The van der Waals surface area contributed by atoms with Crippen LogP contribution in [-0.4, -0.2) is 42.6 Å². The van der Waals surface area contributed by atoms with E-state index in [0.717, 1.165) is 0 Å². The lowest BCUT2D eigenvalue weighted by atomic mass is 9.92. The van der Waals surface area contributed by atoms with Crippen molar-refractivity contribution >= 4 is 27.7 Å². The fourth-order valence-corrected chi connectivity index (χ4v) is 3.37. The van der Waals surface area contributed by atoms with Crippen LogP contribution in [-0.2, 0) is 20.4 Å². The second-order valence-corrected chi connectivity index (χ2v) is 7.98. The maximum absolute atomic E-state index is 13.7. The fraction of sp³-hybridized carbons (Fsp3) is 0.176. The molecule has 1 aromatic heterocycles. The van der Waals surface area contributed by atoms with Gasteiger partial charge >= 0.3 is 6.03 Å². The molecule has 1 unspecified atom stereocenters. The summed E-state index contributed by atoms with van der Waals surface area (Å²) in [4.78, 5) is 41.0. The van der Waals surface area contributed by atoms with Crippen molar-refractivity contribution in [1.29, 1.82) is 0 Å². The number of carbonyl (C=O) groups is 3. The number of hydrogen-bond donors (Lipinski definition) is 2. The van der Waals surface area contributed by atoms with Crippen LogP contribution in [0, 0.1) is 11.6 Å². The number of nitrogens with two attached hydrogens (primary N) is 1. The Morgan fingerprint density at radius 2 is 1.86 bits per heavy atom. The number of Topliss-reactive ketones (excluding diaryl/α,β-unsaturated/α-hetero) is 1. The van der Waals surface area contributed by atoms with Crippen molar-refractivity contribution in [2.75, 3.05) is 6.54 Å². The number of imide groups is 1. The van der Waals surface area contributed by atoms with Gasteiger partial charge in [0.25, 0.3) is 5.91 Å². The van der Waals surface area contributed by atoms with Crippen LogP contribution >= 0.6 is 0 Å². The minimum Gasteiger partial charge on any atom is -0.319 e. The molecule has 0 radical (unpaired) electrons. The molecule has 0 bridgehead atoms. The molecular weight excluding hydrogens is 410 g/mol. The average molecular weight is 424 g/mol. The molecule has 12 heteroatoms. The normalized spacial score (nSPS) is 19.4. The number of urea groups is 1. The number of sulfonamides is 1. The van der Waals surface area contributed by atoms with E-state index in [4.69, 9.17) is 5.14 Å². The summed E-state index contributed by atoms with van der Waals surface area (Å²) in [6, 6.07) is 4.48. The topological polar surface area (TPSA) is 140 Å². The smallest absolute Gasteiger partial charge is 0.319 e. The highest BCUT2D eigenvalue weighted by molar-refractivity contribution is 7.89. The fourth-order valence-electron chi connectivity index (χ4n) is 2.85. The Balaban J connectivity index is 1.86. The zero-order valence-corrected chi connectivity index (χ0v) is 15.7. The van der Waals surface area contributed by atoms with Crippen molar-refractivity contribution in [3.05, 3.63) is 59.4 Å². The summed E-state index contributed by atoms with van der Waals surface area (Å²) in [5.41, 5.74) is -2.06. The summed E-state index contributed by atoms with van der Waals surface area (Å²) in [6.45, 7) is 0.547. The minimum absolute atomic E-state index is 0.188. The van der Waals surface area contributed by atoms with Gasteiger partial charge in [-0.2, -0.15) is 0 Å². The van der Waals surface area contributed by atoms with E-state index in [9.17, 15) is 31.6 Å². The number of amides is 3. The van der Waals surface area contributed by atoms with Gasteiger partial charge in [-0.1, -0.05) is 12.1 Å².